The van der Waals surface area contributed by atoms with Gasteiger partial charge in [-0.05, 0) is 62.6 Å². The van der Waals surface area contributed by atoms with Gasteiger partial charge in [-0.3, -0.25) is 4.79 Å². The van der Waals surface area contributed by atoms with Crippen LogP contribution in [0.15, 0.2) is 18.2 Å². The molecule has 1 aromatic carbocycles. The van der Waals surface area contributed by atoms with E-state index in [1.165, 1.54) is 0 Å². The van der Waals surface area contributed by atoms with E-state index in [9.17, 15) is 9.59 Å². The highest BCUT2D eigenvalue weighted by Gasteiger charge is 2.40. The van der Waals surface area contributed by atoms with Crippen molar-refractivity contribution in [2.24, 2.45) is 11.8 Å². The summed E-state index contributed by atoms with van der Waals surface area (Å²) in [5, 5.41) is 3.01. The van der Waals surface area contributed by atoms with Crippen molar-refractivity contribution in [3.63, 3.8) is 0 Å². The van der Waals surface area contributed by atoms with Crippen molar-refractivity contribution >= 4 is 17.6 Å². The molecule has 0 unspecified atom stereocenters. The predicted molar refractivity (Wildman–Crippen MR) is 129 cm³/mol. The Hall–Kier alpha value is -2.08. The van der Waals surface area contributed by atoms with E-state index in [0.29, 0.717) is 54.9 Å². The molecule has 0 radical (unpaired) electrons. The summed E-state index contributed by atoms with van der Waals surface area (Å²) in [4.78, 5) is 26.1. The van der Waals surface area contributed by atoms with Crippen molar-refractivity contribution in [3.05, 3.63) is 23.8 Å². The lowest BCUT2D eigenvalue weighted by molar-refractivity contribution is -0.147. The third-order valence-electron chi connectivity index (χ3n) is 4.96. The first-order valence-electron chi connectivity index (χ1n) is 12.1. The summed E-state index contributed by atoms with van der Waals surface area (Å²) in [6, 6.07) is 5.11. The van der Waals surface area contributed by atoms with Crippen molar-refractivity contribution in [2.75, 3.05) is 25.1 Å². The van der Waals surface area contributed by atoms with Gasteiger partial charge in [-0.1, -0.05) is 48.0 Å². The summed E-state index contributed by atoms with van der Waals surface area (Å²) >= 11 is 0. The molecule has 0 heterocycles. The van der Waals surface area contributed by atoms with Crippen molar-refractivity contribution < 1.29 is 23.8 Å². The fourth-order valence-electron chi connectivity index (χ4n) is 3.74. The van der Waals surface area contributed by atoms with Crippen LogP contribution in [-0.4, -0.2) is 37.3 Å². The van der Waals surface area contributed by atoms with Gasteiger partial charge in [0.2, 0.25) is 0 Å². The molecule has 182 valence electrons. The number of rotatable bonds is 15. The van der Waals surface area contributed by atoms with E-state index in [4.69, 9.17) is 14.2 Å². The van der Waals surface area contributed by atoms with E-state index in [-0.39, 0.29) is 12.5 Å². The summed E-state index contributed by atoms with van der Waals surface area (Å²) in [7, 11) is 0. The number of nitrogens with one attached hydrogen (secondary N) is 1. The maximum atomic E-state index is 13.5. The molecular formula is C26H43NO5. The largest absolute Gasteiger partial charge is 0.493 e. The molecule has 0 aromatic heterocycles. The number of hydrogen-bond donors (Lipinski definition) is 1. The zero-order valence-electron chi connectivity index (χ0n) is 21.1. The first-order valence-corrected chi connectivity index (χ1v) is 12.1. The number of ether oxygens (including phenoxy) is 3. The second-order valence-corrected chi connectivity index (χ2v) is 9.13. The Bertz CT molecular complexity index is 704. The van der Waals surface area contributed by atoms with Gasteiger partial charge in [0.1, 0.15) is 16.9 Å². The molecule has 0 saturated heterocycles. The maximum Gasteiger partial charge on any atom is 0.341 e. The lowest BCUT2D eigenvalue weighted by atomic mass is 9.83. The first-order chi connectivity index (χ1) is 15.2. The molecule has 0 aliphatic rings. The lowest BCUT2D eigenvalue weighted by Gasteiger charge is -2.35. The van der Waals surface area contributed by atoms with Crippen LogP contribution in [0.4, 0.5) is 5.69 Å². The third kappa shape index (κ3) is 8.81. The van der Waals surface area contributed by atoms with Crippen molar-refractivity contribution in [1.82, 2.24) is 0 Å². The van der Waals surface area contributed by atoms with Crippen LogP contribution in [0, 0.1) is 11.8 Å². The second-order valence-electron chi connectivity index (χ2n) is 9.13. The number of carbonyl (C=O) groups excluding carboxylic acids is 2. The van der Waals surface area contributed by atoms with Gasteiger partial charge >= 0.3 is 5.97 Å². The summed E-state index contributed by atoms with van der Waals surface area (Å²) in [5.41, 5.74) is -0.0786. The van der Waals surface area contributed by atoms with Gasteiger partial charge in [0, 0.05) is 12.3 Å². The van der Waals surface area contributed by atoms with Crippen LogP contribution in [0.1, 0.15) is 90.9 Å². The molecular weight excluding hydrogens is 406 g/mol. The summed E-state index contributed by atoms with van der Waals surface area (Å²) in [6.45, 7) is 15.6. The minimum absolute atomic E-state index is 0.178. The molecule has 0 aliphatic carbocycles. The predicted octanol–water partition coefficient (Wildman–Crippen LogP) is 6.24. The molecule has 0 atom stereocenters. The summed E-state index contributed by atoms with van der Waals surface area (Å²) in [5.74, 6) is 0.408. The molecule has 6 nitrogen and oxygen atoms in total. The summed E-state index contributed by atoms with van der Waals surface area (Å²) < 4.78 is 17.2. The molecule has 1 aromatic rings. The highest BCUT2D eigenvalue weighted by Crippen LogP contribution is 2.32. The smallest absolute Gasteiger partial charge is 0.341 e. The van der Waals surface area contributed by atoms with E-state index in [1.807, 2.05) is 6.92 Å². The number of unbranched alkanes of at least 4 members (excludes halogenated alkanes) is 1. The molecule has 0 bridgehead atoms. The van der Waals surface area contributed by atoms with Gasteiger partial charge in [0.25, 0.3) is 5.91 Å². The highest BCUT2D eigenvalue weighted by molar-refractivity contribution is 5.99. The van der Waals surface area contributed by atoms with Gasteiger partial charge in [-0.15, -0.1) is 0 Å². The van der Waals surface area contributed by atoms with Crippen LogP contribution in [0.25, 0.3) is 0 Å². The van der Waals surface area contributed by atoms with Crippen LogP contribution in [-0.2, 0) is 14.3 Å². The van der Waals surface area contributed by atoms with E-state index in [1.54, 1.807) is 25.1 Å². The standard InChI is InChI=1S/C26H43NO5/c1-8-11-15-31-23-13-12-21(16-22(23)24(28)30-10-3)27-25(29)26(17-19(4)5,18-20(6)7)32-14-9-2/h12-13,16,19-20H,8-11,14-15,17-18H2,1-7H3,(H,27,29). The molecule has 32 heavy (non-hydrogen) atoms. The first kappa shape index (κ1) is 28.0. The molecule has 0 saturated carbocycles. The van der Waals surface area contributed by atoms with E-state index in [0.717, 1.165) is 19.3 Å². The number of benzene rings is 1. The second kappa shape index (κ2) is 14.1. The normalized spacial score (nSPS) is 11.7. The Balaban J connectivity index is 3.24. The van der Waals surface area contributed by atoms with Gasteiger partial charge in [-0.25, -0.2) is 4.79 Å². The Morgan fingerprint density at radius 1 is 0.969 bits per heavy atom. The van der Waals surface area contributed by atoms with Crippen molar-refractivity contribution in [2.45, 2.75) is 86.2 Å². The molecule has 0 aliphatic heterocycles. The van der Waals surface area contributed by atoms with Crippen LogP contribution in [0.2, 0.25) is 0 Å². The number of esters is 1. The van der Waals surface area contributed by atoms with E-state index < -0.39 is 11.6 Å². The van der Waals surface area contributed by atoms with Crippen molar-refractivity contribution in [3.8, 4) is 5.75 Å². The Labute approximate surface area is 194 Å². The number of hydrogen-bond acceptors (Lipinski definition) is 5. The quantitative estimate of drug-likeness (QED) is 0.253. The zero-order chi connectivity index (χ0) is 24.1. The maximum absolute atomic E-state index is 13.5. The fraction of sp³-hybridized carbons (Fsp3) is 0.692. The Kier molecular flexibility index (Phi) is 12.4. The molecule has 1 amide bonds. The van der Waals surface area contributed by atoms with E-state index in [2.05, 4.69) is 39.9 Å². The summed E-state index contributed by atoms with van der Waals surface area (Å²) in [6.07, 6.45) is 3.97. The number of carbonyl (C=O) groups is 2. The van der Waals surface area contributed by atoms with Crippen molar-refractivity contribution in [1.29, 1.82) is 0 Å². The molecule has 1 rings (SSSR count). The zero-order valence-corrected chi connectivity index (χ0v) is 21.1. The van der Waals surface area contributed by atoms with Gasteiger partial charge in [-0.2, -0.15) is 0 Å². The number of anilines is 1. The van der Waals surface area contributed by atoms with Crippen LogP contribution < -0.4 is 10.1 Å². The van der Waals surface area contributed by atoms with Gasteiger partial charge in [0.15, 0.2) is 0 Å². The highest BCUT2D eigenvalue weighted by atomic mass is 16.5. The Morgan fingerprint density at radius 3 is 2.16 bits per heavy atom. The average molecular weight is 450 g/mol. The molecule has 0 fully saturated rings. The van der Waals surface area contributed by atoms with Gasteiger partial charge in [0.05, 0.1) is 13.2 Å². The minimum Gasteiger partial charge on any atom is -0.493 e. The van der Waals surface area contributed by atoms with Crippen LogP contribution in [0.5, 0.6) is 5.75 Å². The molecule has 0 spiro atoms. The number of amides is 1. The van der Waals surface area contributed by atoms with Crippen LogP contribution >= 0.6 is 0 Å². The third-order valence-corrected chi connectivity index (χ3v) is 4.96. The minimum atomic E-state index is -0.918. The SMILES string of the molecule is CCCCOc1ccc(NC(=O)C(CC(C)C)(CC(C)C)OCCC)cc1C(=O)OCC. The molecule has 6 heteroatoms. The average Bonchev–Trinajstić information content (AvgIpc) is 2.72. The van der Waals surface area contributed by atoms with Gasteiger partial charge < -0.3 is 19.5 Å². The molecule has 1 N–H and O–H groups in total. The van der Waals surface area contributed by atoms with Crippen LogP contribution in [0.3, 0.4) is 0 Å². The topological polar surface area (TPSA) is 73.9 Å². The lowest BCUT2D eigenvalue weighted by Crippen LogP contribution is -2.48. The monoisotopic (exact) mass is 449 g/mol. The fourth-order valence-corrected chi connectivity index (χ4v) is 3.74. The Morgan fingerprint density at radius 2 is 1.62 bits per heavy atom. The van der Waals surface area contributed by atoms with E-state index >= 15 is 0 Å².